The van der Waals surface area contributed by atoms with Crippen molar-refractivity contribution in [1.29, 1.82) is 0 Å². The van der Waals surface area contributed by atoms with E-state index in [2.05, 4.69) is 29.2 Å². The number of imidazole rings is 1. The molecule has 20 heavy (non-hydrogen) atoms. The Kier molecular flexibility index (Phi) is 4.04. The summed E-state index contributed by atoms with van der Waals surface area (Å²) in [5.41, 5.74) is 8.49. The minimum absolute atomic E-state index is 0.0850. The number of nitrogen functional groups attached to an aromatic ring is 1. The zero-order chi connectivity index (χ0) is 14.7. The van der Waals surface area contributed by atoms with Crippen molar-refractivity contribution in [2.24, 2.45) is 17.5 Å². The van der Waals surface area contributed by atoms with Gasteiger partial charge in [0, 0.05) is 18.9 Å². The lowest BCUT2D eigenvalue weighted by molar-refractivity contribution is -0.116. The number of anilines is 2. The van der Waals surface area contributed by atoms with Gasteiger partial charge in [-0.05, 0) is 5.92 Å². The first-order chi connectivity index (χ1) is 9.51. The van der Waals surface area contributed by atoms with Crippen LogP contribution in [0.1, 0.15) is 13.8 Å². The van der Waals surface area contributed by atoms with Crippen LogP contribution < -0.4 is 21.9 Å². The molecule has 0 fully saturated rings. The van der Waals surface area contributed by atoms with E-state index >= 15 is 0 Å². The number of carbonyl (C=O) groups excluding carboxylic acids is 1. The second-order valence-electron chi connectivity index (χ2n) is 4.99. The first-order valence-electron chi connectivity index (χ1n) is 6.35. The highest BCUT2D eigenvalue weighted by Crippen LogP contribution is 2.21. The summed E-state index contributed by atoms with van der Waals surface area (Å²) in [6, 6.07) is 0. The van der Waals surface area contributed by atoms with E-state index in [1.165, 1.54) is 0 Å². The minimum Gasteiger partial charge on any atom is -0.368 e. The Hall–Kier alpha value is -2.35. The molecule has 0 bridgehead atoms. The molecule has 108 valence electrons. The standard InChI is InChI=1S/C12H19N7O/c1-8(2)5-19(6-9(13)20)12-11-15-3-4-18(11)7-10(16-12)17-14/h3-4,7-8,17H,5-6,14H2,1-2H3,(H2,13,20). The Morgan fingerprint density at radius 1 is 1.55 bits per heavy atom. The lowest BCUT2D eigenvalue weighted by Crippen LogP contribution is -2.37. The fourth-order valence-electron chi connectivity index (χ4n) is 2.05. The van der Waals surface area contributed by atoms with Crippen molar-refractivity contribution in [2.45, 2.75) is 13.8 Å². The van der Waals surface area contributed by atoms with E-state index < -0.39 is 5.91 Å². The predicted molar refractivity (Wildman–Crippen MR) is 77.0 cm³/mol. The molecular formula is C12H19N7O. The maximum Gasteiger partial charge on any atom is 0.237 e. The van der Waals surface area contributed by atoms with Gasteiger partial charge >= 0.3 is 0 Å². The number of aromatic nitrogens is 3. The molecule has 0 aliphatic rings. The van der Waals surface area contributed by atoms with Crippen LogP contribution in [0.5, 0.6) is 0 Å². The summed E-state index contributed by atoms with van der Waals surface area (Å²) in [7, 11) is 0. The summed E-state index contributed by atoms with van der Waals surface area (Å²) >= 11 is 0. The molecule has 0 spiro atoms. The fourth-order valence-corrected chi connectivity index (χ4v) is 2.05. The van der Waals surface area contributed by atoms with Gasteiger partial charge in [0.2, 0.25) is 5.91 Å². The summed E-state index contributed by atoms with van der Waals surface area (Å²) in [6.07, 6.45) is 5.18. The number of carbonyl (C=O) groups is 1. The third kappa shape index (κ3) is 2.97. The molecule has 2 rings (SSSR count). The third-order valence-electron chi connectivity index (χ3n) is 2.74. The number of hydrazine groups is 1. The Labute approximate surface area is 116 Å². The molecule has 5 N–H and O–H groups in total. The molecule has 0 aliphatic carbocycles. The minimum atomic E-state index is -0.414. The molecule has 0 saturated carbocycles. The highest BCUT2D eigenvalue weighted by Gasteiger charge is 2.17. The summed E-state index contributed by atoms with van der Waals surface area (Å²) in [4.78, 5) is 21.8. The van der Waals surface area contributed by atoms with E-state index in [4.69, 9.17) is 11.6 Å². The van der Waals surface area contributed by atoms with E-state index in [9.17, 15) is 4.79 Å². The van der Waals surface area contributed by atoms with Crippen LogP contribution in [-0.4, -0.2) is 33.4 Å². The number of rotatable bonds is 6. The number of hydrogen-bond donors (Lipinski definition) is 3. The van der Waals surface area contributed by atoms with Crippen molar-refractivity contribution in [1.82, 2.24) is 14.4 Å². The van der Waals surface area contributed by atoms with Crippen molar-refractivity contribution in [3.05, 3.63) is 18.6 Å². The van der Waals surface area contributed by atoms with E-state index in [1.807, 2.05) is 4.90 Å². The van der Waals surface area contributed by atoms with Crippen LogP contribution in [0.2, 0.25) is 0 Å². The highest BCUT2D eigenvalue weighted by atomic mass is 16.1. The normalized spacial score (nSPS) is 11.0. The van der Waals surface area contributed by atoms with E-state index in [1.54, 1.807) is 23.0 Å². The quantitative estimate of drug-likeness (QED) is 0.504. The van der Waals surface area contributed by atoms with Crippen LogP contribution in [0.15, 0.2) is 18.6 Å². The van der Waals surface area contributed by atoms with Gasteiger partial charge in [-0.3, -0.25) is 4.79 Å². The van der Waals surface area contributed by atoms with Gasteiger partial charge in [-0.15, -0.1) is 0 Å². The number of amides is 1. The van der Waals surface area contributed by atoms with Gasteiger partial charge in [0.15, 0.2) is 17.3 Å². The van der Waals surface area contributed by atoms with Gasteiger partial charge in [-0.1, -0.05) is 13.8 Å². The average molecular weight is 277 g/mol. The first-order valence-corrected chi connectivity index (χ1v) is 6.35. The van der Waals surface area contributed by atoms with E-state index in [-0.39, 0.29) is 6.54 Å². The van der Waals surface area contributed by atoms with Crippen LogP contribution in [0.25, 0.3) is 5.65 Å². The molecule has 0 atom stereocenters. The molecule has 8 nitrogen and oxygen atoms in total. The second kappa shape index (κ2) is 5.74. The third-order valence-corrected chi connectivity index (χ3v) is 2.74. The molecule has 8 heteroatoms. The molecular weight excluding hydrogens is 258 g/mol. The topological polar surface area (TPSA) is 115 Å². The number of nitrogens with zero attached hydrogens (tertiary/aromatic N) is 4. The molecule has 0 aliphatic heterocycles. The molecule has 2 aromatic rings. The zero-order valence-electron chi connectivity index (χ0n) is 11.6. The molecule has 0 radical (unpaired) electrons. The number of fused-ring (bicyclic) bond motifs is 1. The number of hydrogen-bond acceptors (Lipinski definition) is 6. The molecule has 2 heterocycles. The van der Waals surface area contributed by atoms with Crippen molar-refractivity contribution < 1.29 is 4.79 Å². The summed E-state index contributed by atoms with van der Waals surface area (Å²) in [5.74, 6) is 6.43. The Bertz CT molecular complexity index is 607. The maximum absolute atomic E-state index is 11.3. The van der Waals surface area contributed by atoms with Crippen LogP contribution in [0.4, 0.5) is 11.6 Å². The summed E-state index contributed by atoms with van der Waals surface area (Å²) in [5, 5.41) is 0. The van der Waals surface area contributed by atoms with Gasteiger partial charge in [-0.25, -0.2) is 15.8 Å². The summed E-state index contributed by atoms with van der Waals surface area (Å²) < 4.78 is 1.80. The Morgan fingerprint density at radius 2 is 2.30 bits per heavy atom. The Balaban J connectivity index is 2.49. The lowest BCUT2D eigenvalue weighted by atomic mass is 10.2. The fraction of sp³-hybridized carbons (Fsp3) is 0.417. The number of nitrogens with one attached hydrogen (secondary N) is 1. The second-order valence-corrected chi connectivity index (χ2v) is 4.99. The number of nitrogens with two attached hydrogens (primary N) is 2. The average Bonchev–Trinajstić information content (AvgIpc) is 2.83. The van der Waals surface area contributed by atoms with E-state index in [0.717, 1.165) is 0 Å². The predicted octanol–water partition coefficient (Wildman–Crippen LogP) is -0.0374. The SMILES string of the molecule is CC(C)CN(CC(N)=O)c1nc(NN)cn2ccnc12. The molecule has 0 aromatic carbocycles. The Morgan fingerprint density at radius 3 is 2.90 bits per heavy atom. The number of primary amides is 1. The van der Waals surface area contributed by atoms with Crippen LogP contribution in [0.3, 0.4) is 0 Å². The monoisotopic (exact) mass is 277 g/mol. The van der Waals surface area contributed by atoms with Gasteiger partial charge in [-0.2, -0.15) is 0 Å². The smallest absolute Gasteiger partial charge is 0.237 e. The molecule has 0 unspecified atom stereocenters. The van der Waals surface area contributed by atoms with Gasteiger partial charge in [0.25, 0.3) is 0 Å². The van der Waals surface area contributed by atoms with Gasteiger partial charge < -0.3 is 20.5 Å². The first kappa shape index (κ1) is 14.1. The van der Waals surface area contributed by atoms with Crippen LogP contribution in [-0.2, 0) is 4.79 Å². The summed E-state index contributed by atoms with van der Waals surface area (Å²) in [6.45, 7) is 4.85. The van der Waals surface area contributed by atoms with Crippen LogP contribution >= 0.6 is 0 Å². The molecule has 0 saturated heterocycles. The molecule has 1 amide bonds. The van der Waals surface area contributed by atoms with Crippen molar-refractivity contribution in [3.8, 4) is 0 Å². The largest absolute Gasteiger partial charge is 0.368 e. The van der Waals surface area contributed by atoms with Gasteiger partial charge in [0.05, 0.1) is 12.7 Å². The van der Waals surface area contributed by atoms with Gasteiger partial charge in [0.1, 0.15) is 0 Å². The van der Waals surface area contributed by atoms with Crippen LogP contribution in [0, 0.1) is 5.92 Å². The zero-order valence-corrected chi connectivity index (χ0v) is 11.6. The van der Waals surface area contributed by atoms with E-state index in [0.29, 0.717) is 29.7 Å². The molecule has 2 aromatic heterocycles. The van der Waals surface area contributed by atoms with Crippen molar-refractivity contribution in [2.75, 3.05) is 23.4 Å². The maximum atomic E-state index is 11.3. The lowest BCUT2D eigenvalue weighted by Gasteiger charge is -2.24. The van der Waals surface area contributed by atoms with Crippen molar-refractivity contribution >= 4 is 23.2 Å². The van der Waals surface area contributed by atoms with Crippen molar-refractivity contribution in [3.63, 3.8) is 0 Å². The highest BCUT2D eigenvalue weighted by molar-refractivity contribution is 5.81.